The van der Waals surface area contributed by atoms with Gasteiger partial charge in [0.15, 0.2) is 0 Å². The molecule has 47 heavy (non-hydrogen) atoms. The lowest BCUT2D eigenvalue weighted by atomic mass is 9.77. The third-order valence-corrected chi connectivity index (χ3v) is 13.2. The van der Waals surface area contributed by atoms with Gasteiger partial charge in [0.05, 0.1) is 22.7 Å². The van der Waals surface area contributed by atoms with Crippen LogP contribution >= 0.6 is 0 Å². The maximum atomic E-state index is 14.1. The van der Waals surface area contributed by atoms with Gasteiger partial charge in [-0.25, -0.2) is 8.42 Å². The van der Waals surface area contributed by atoms with Crippen molar-refractivity contribution >= 4 is 21.8 Å². The number of benzene rings is 1. The minimum Gasteiger partial charge on any atom is -0.390 e. The molecule has 0 bridgehead atoms. The van der Waals surface area contributed by atoms with Crippen LogP contribution in [0.25, 0.3) is 0 Å². The molecule has 3 atom stereocenters. The van der Waals surface area contributed by atoms with E-state index in [1.165, 1.54) is 0 Å². The van der Waals surface area contributed by atoms with Crippen LogP contribution in [0, 0.1) is 19.8 Å². The molecule has 1 spiro atoms. The molecule has 12 heteroatoms. The van der Waals surface area contributed by atoms with Crippen molar-refractivity contribution in [3.63, 3.8) is 0 Å². The van der Waals surface area contributed by atoms with E-state index < -0.39 is 27.7 Å². The van der Waals surface area contributed by atoms with Crippen molar-refractivity contribution in [1.82, 2.24) is 29.6 Å². The first kappa shape index (κ1) is 34.1. The number of H-pyrrole nitrogens is 1. The van der Waals surface area contributed by atoms with Gasteiger partial charge in [0.25, 0.3) is 0 Å². The number of carbonyl (C=O) groups is 2. The largest absolute Gasteiger partial charge is 0.390 e. The second kappa shape index (κ2) is 14.0. The summed E-state index contributed by atoms with van der Waals surface area (Å²) >= 11 is 0. The number of sulfonamides is 1. The smallest absolute Gasteiger partial charge is 0.248 e. The highest BCUT2D eigenvalue weighted by molar-refractivity contribution is 7.89. The van der Waals surface area contributed by atoms with Crippen LogP contribution in [0.4, 0.5) is 0 Å². The molecule has 0 radical (unpaired) electrons. The van der Waals surface area contributed by atoms with E-state index in [4.69, 9.17) is 0 Å². The summed E-state index contributed by atoms with van der Waals surface area (Å²) in [5.74, 6) is -0.283. The Kier molecular flexibility index (Phi) is 10.1. The number of nitrogens with one attached hydrogen (secondary N) is 2. The van der Waals surface area contributed by atoms with Crippen molar-refractivity contribution in [3.8, 4) is 0 Å². The van der Waals surface area contributed by atoms with Crippen LogP contribution < -0.4 is 5.32 Å². The number of aryl methyl sites for hydroxylation is 2. The summed E-state index contributed by atoms with van der Waals surface area (Å²) in [6.07, 6.45) is 8.53. The topological polar surface area (TPSA) is 139 Å². The number of carbonyl (C=O) groups excluding carboxylic acids is 2. The predicted octanol–water partition coefficient (Wildman–Crippen LogP) is 3.80. The monoisotopic (exact) mass is 668 g/mol. The number of nitrogens with zero attached hydrogens (tertiary/aromatic N) is 4. The molecule has 2 aromatic rings. The van der Waals surface area contributed by atoms with E-state index in [1.807, 2.05) is 30.9 Å². The summed E-state index contributed by atoms with van der Waals surface area (Å²) in [5.41, 5.74) is 2.84. The highest BCUT2D eigenvalue weighted by atomic mass is 32.2. The zero-order chi connectivity index (χ0) is 33.3. The molecular weight excluding hydrogens is 616 g/mol. The lowest BCUT2D eigenvalue weighted by Gasteiger charge is -2.53. The number of likely N-dealkylation sites (tertiary alicyclic amines) is 1. The molecule has 1 unspecified atom stereocenters. The summed E-state index contributed by atoms with van der Waals surface area (Å²) in [6.45, 7) is 8.78. The Hall–Kier alpha value is -2.80. The van der Waals surface area contributed by atoms with E-state index in [0.29, 0.717) is 50.5 Å². The standard InChI is InChI=1S/C35H52N6O5S/c1-4-5-21-41-33(43)30(32(42)27-11-7-6-8-12-27)36-34(44)35(41)17-22-39(23-18-35)31(29-24(2)37-38-25(29)3)26-13-15-28(16-14-26)47(45,46)40-19-9-10-20-40/h13-16,27,30-32,42H,4-12,17-23H2,1-3H3,(H,36,44)(H,37,38)/t30-,31?,32-/m1/s1. The maximum Gasteiger partial charge on any atom is 0.248 e. The van der Waals surface area contributed by atoms with E-state index in [2.05, 4.69) is 27.3 Å². The van der Waals surface area contributed by atoms with Crippen molar-refractivity contribution in [2.75, 3.05) is 32.7 Å². The van der Waals surface area contributed by atoms with Crippen molar-refractivity contribution < 1.29 is 23.1 Å². The molecule has 4 fully saturated rings. The molecule has 11 nitrogen and oxygen atoms in total. The number of aromatic amines is 1. The van der Waals surface area contributed by atoms with Gasteiger partial charge in [0.2, 0.25) is 21.8 Å². The Morgan fingerprint density at radius 1 is 0.979 bits per heavy atom. The number of hydrogen-bond donors (Lipinski definition) is 3. The van der Waals surface area contributed by atoms with Gasteiger partial charge in [0, 0.05) is 44.0 Å². The first-order chi connectivity index (χ1) is 22.6. The van der Waals surface area contributed by atoms with Crippen molar-refractivity contribution in [2.24, 2.45) is 5.92 Å². The summed E-state index contributed by atoms with van der Waals surface area (Å²) in [5, 5.41) is 22.0. The normalized spacial score (nSPS) is 24.5. The fourth-order valence-corrected chi connectivity index (χ4v) is 10.0. The van der Waals surface area contributed by atoms with Crippen LogP contribution in [0.1, 0.15) is 106 Å². The molecule has 2 amide bonds. The van der Waals surface area contributed by atoms with Crippen LogP contribution in [0.2, 0.25) is 0 Å². The molecule has 3 saturated heterocycles. The van der Waals surface area contributed by atoms with Crippen LogP contribution in [-0.4, -0.2) is 100 Å². The molecule has 1 aliphatic carbocycles. The minimum absolute atomic E-state index is 0.0286. The van der Waals surface area contributed by atoms with Gasteiger partial charge >= 0.3 is 0 Å². The molecule has 1 aromatic carbocycles. The van der Waals surface area contributed by atoms with E-state index in [9.17, 15) is 23.1 Å². The Balaban J connectivity index is 1.26. The van der Waals surface area contributed by atoms with E-state index in [-0.39, 0.29) is 23.8 Å². The Morgan fingerprint density at radius 2 is 1.64 bits per heavy atom. The van der Waals surface area contributed by atoms with Crippen LogP contribution in [-0.2, 0) is 19.6 Å². The highest BCUT2D eigenvalue weighted by Crippen LogP contribution is 2.41. The first-order valence-corrected chi connectivity index (χ1v) is 19.2. The average Bonchev–Trinajstić information content (AvgIpc) is 3.75. The van der Waals surface area contributed by atoms with Gasteiger partial charge in [-0.15, -0.1) is 0 Å². The highest BCUT2D eigenvalue weighted by Gasteiger charge is 2.55. The Morgan fingerprint density at radius 3 is 2.23 bits per heavy atom. The quantitative estimate of drug-likeness (QED) is 0.350. The number of aliphatic hydroxyl groups is 1. The number of amides is 2. The minimum atomic E-state index is -3.54. The van der Waals surface area contributed by atoms with Crippen molar-refractivity contribution in [2.45, 2.75) is 120 Å². The summed E-state index contributed by atoms with van der Waals surface area (Å²) < 4.78 is 28.1. The number of hydrogen-bond acceptors (Lipinski definition) is 7. The lowest BCUT2D eigenvalue weighted by Crippen LogP contribution is -2.75. The molecule has 4 heterocycles. The van der Waals surface area contributed by atoms with Gasteiger partial charge in [-0.2, -0.15) is 9.40 Å². The van der Waals surface area contributed by atoms with Gasteiger partial charge in [-0.05, 0) is 82.4 Å². The molecule has 1 aromatic heterocycles. The predicted molar refractivity (Wildman–Crippen MR) is 179 cm³/mol. The Labute approximate surface area is 279 Å². The number of rotatable bonds is 10. The SMILES string of the molecule is CCCCN1C(=O)[C@@H]([C@H](O)C2CCCCC2)NC(=O)C12CCN(C(c1ccc(S(=O)(=O)N3CCCC3)cc1)c1c(C)n[nH]c1C)CC2. The lowest BCUT2D eigenvalue weighted by molar-refractivity contribution is -0.166. The van der Waals surface area contributed by atoms with E-state index in [1.54, 1.807) is 16.4 Å². The zero-order valence-electron chi connectivity index (χ0n) is 28.2. The second-order valence-corrected chi connectivity index (χ2v) is 16.1. The molecule has 258 valence electrons. The molecular formula is C35H52N6O5S. The fraction of sp³-hybridized carbons (Fsp3) is 0.686. The third-order valence-electron chi connectivity index (χ3n) is 11.3. The maximum absolute atomic E-state index is 14.1. The van der Waals surface area contributed by atoms with E-state index in [0.717, 1.165) is 80.3 Å². The number of aromatic nitrogens is 2. The number of piperidine rings is 1. The molecule has 1 saturated carbocycles. The molecule has 6 rings (SSSR count). The molecule has 3 N–H and O–H groups in total. The summed E-state index contributed by atoms with van der Waals surface area (Å²) in [6, 6.07) is 6.14. The summed E-state index contributed by atoms with van der Waals surface area (Å²) in [4.78, 5) is 32.7. The Bertz CT molecular complexity index is 1500. The zero-order valence-corrected chi connectivity index (χ0v) is 29.0. The molecule has 3 aliphatic heterocycles. The van der Waals surface area contributed by atoms with Gasteiger partial charge in [-0.3, -0.25) is 19.6 Å². The number of piperazine rings is 1. The fourth-order valence-electron chi connectivity index (χ4n) is 8.53. The average molecular weight is 669 g/mol. The number of aliphatic hydroxyl groups excluding tert-OH is 1. The summed E-state index contributed by atoms with van der Waals surface area (Å²) in [7, 11) is -3.54. The number of unbranched alkanes of at least 4 members (excludes halogenated alkanes) is 1. The van der Waals surface area contributed by atoms with Crippen LogP contribution in [0.5, 0.6) is 0 Å². The van der Waals surface area contributed by atoms with Crippen LogP contribution in [0.15, 0.2) is 29.2 Å². The van der Waals surface area contributed by atoms with Gasteiger partial charge in [-0.1, -0.05) is 44.7 Å². The van der Waals surface area contributed by atoms with Gasteiger partial charge in [0.1, 0.15) is 11.6 Å². The van der Waals surface area contributed by atoms with Crippen molar-refractivity contribution in [3.05, 3.63) is 46.8 Å². The third kappa shape index (κ3) is 6.38. The first-order valence-electron chi connectivity index (χ1n) is 17.7. The molecule has 4 aliphatic rings. The second-order valence-electron chi connectivity index (χ2n) is 14.2. The van der Waals surface area contributed by atoms with Gasteiger partial charge < -0.3 is 15.3 Å². The van der Waals surface area contributed by atoms with E-state index >= 15 is 0 Å². The van der Waals surface area contributed by atoms with Crippen molar-refractivity contribution in [1.29, 1.82) is 0 Å². The van der Waals surface area contributed by atoms with Crippen LogP contribution in [0.3, 0.4) is 0 Å².